The summed E-state index contributed by atoms with van der Waals surface area (Å²) in [6, 6.07) is 19.5. The molecule has 37 heavy (non-hydrogen) atoms. The lowest BCUT2D eigenvalue weighted by Crippen LogP contribution is -2.25. The van der Waals surface area contributed by atoms with Gasteiger partial charge in [0.05, 0.1) is 27.6 Å². The molecule has 6 nitrogen and oxygen atoms in total. The Labute approximate surface area is 215 Å². The number of aromatic carboxylic acids is 1. The van der Waals surface area contributed by atoms with Gasteiger partial charge in [-0.15, -0.1) is 0 Å². The molecule has 1 aliphatic heterocycles. The summed E-state index contributed by atoms with van der Waals surface area (Å²) in [7, 11) is 0. The third kappa shape index (κ3) is 4.02. The van der Waals surface area contributed by atoms with E-state index < -0.39 is 5.97 Å². The number of unbranched alkanes of at least 4 members (excludes halogenated alkanes) is 2. The van der Waals surface area contributed by atoms with Gasteiger partial charge in [-0.05, 0) is 60.9 Å². The average Bonchev–Trinajstić information content (AvgIpc) is 2.91. The summed E-state index contributed by atoms with van der Waals surface area (Å²) >= 11 is 0. The molecule has 0 spiro atoms. The van der Waals surface area contributed by atoms with E-state index in [1.165, 1.54) is 18.5 Å². The zero-order valence-corrected chi connectivity index (χ0v) is 21.1. The van der Waals surface area contributed by atoms with Gasteiger partial charge in [-0.3, -0.25) is 0 Å². The maximum Gasteiger partial charge on any atom is 0.335 e. The minimum atomic E-state index is -0.979. The Morgan fingerprint density at radius 3 is 2.41 bits per heavy atom. The second kappa shape index (κ2) is 9.36. The second-order valence-electron chi connectivity index (χ2n) is 9.68. The Kier molecular flexibility index (Phi) is 5.87. The molecule has 0 unspecified atom stereocenters. The molecular weight excluding hydrogens is 462 g/mol. The molecule has 186 valence electrons. The molecule has 1 aromatic heterocycles. The Hall–Kier alpha value is -4.19. The van der Waals surface area contributed by atoms with Crippen molar-refractivity contribution in [2.45, 2.75) is 39.5 Å². The van der Waals surface area contributed by atoms with Crippen LogP contribution in [0, 0.1) is 0 Å². The Morgan fingerprint density at radius 1 is 0.838 bits per heavy atom. The van der Waals surface area contributed by atoms with E-state index in [1.807, 2.05) is 18.2 Å². The van der Waals surface area contributed by atoms with Crippen molar-refractivity contribution in [3.8, 4) is 22.6 Å². The van der Waals surface area contributed by atoms with E-state index in [9.17, 15) is 9.90 Å². The predicted molar refractivity (Wildman–Crippen MR) is 149 cm³/mol. The molecule has 6 rings (SSSR count). The average molecular weight is 492 g/mol. The topological polar surface area (TPSA) is 75.5 Å². The van der Waals surface area contributed by atoms with E-state index in [0.717, 1.165) is 70.4 Å². The van der Waals surface area contributed by atoms with Gasteiger partial charge < -0.3 is 14.7 Å². The van der Waals surface area contributed by atoms with Gasteiger partial charge in [0.1, 0.15) is 11.5 Å². The standard InChI is InChI=1S/C31H29N3O3/c1-3-5-14-34(15-6-4-2)20-11-12-21-23-18-26-30(22-8-7-9-27(29(22)23)37-28(21)17-20)33-25-16-19(31(35)36)10-13-24(25)32-26/h7-13,16-18H,3-6,14-15H2,1-2H3,(H,35,36). The van der Waals surface area contributed by atoms with Gasteiger partial charge in [-0.1, -0.05) is 38.8 Å². The Balaban J connectivity index is 1.52. The van der Waals surface area contributed by atoms with Crippen molar-refractivity contribution in [3.63, 3.8) is 0 Å². The fraction of sp³-hybridized carbons (Fsp3) is 0.258. The van der Waals surface area contributed by atoms with Crippen LogP contribution in [0.25, 0.3) is 44.0 Å². The number of carboxylic acid groups (broad SMARTS) is 1. The summed E-state index contributed by atoms with van der Waals surface area (Å²) in [4.78, 5) is 23.7. The second-order valence-corrected chi connectivity index (χ2v) is 9.68. The van der Waals surface area contributed by atoms with Crippen LogP contribution in [0.1, 0.15) is 49.9 Å². The largest absolute Gasteiger partial charge is 0.478 e. The van der Waals surface area contributed by atoms with Gasteiger partial charge >= 0.3 is 5.97 Å². The third-order valence-electron chi connectivity index (χ3n) is 7.17. The van der Waals surface area contributed by atoms with Crippen LogP contribution in [0.3, 0.4) is 0 Å². The molecule has 6 heteroatoms. The summed E-state index contributed by atoms with van der Waals surface area (Å²) in [5.74, 6) is 0.677. The highest BCUT2D eigenvalue weighted by molar-refractivity contribution is 6.16. The van der Waals surface area contributed by atoms with Gasteiger partial charge in [0.2, 0.25) is 0 Å². The lowest BCUT2D eigenvalue weighted by Gasteiger charge is -2.27. The maximum absolute atomic E-state index is 11.5. The van der Waals surface area contributed by atoms with Crippen molar-refractivity contribution < 1.29 is 14.6 Å². The first-order valence-corrected chi connectivity index (χ1v) is 13.0. The smallest absolute Gasteiger partial charge is 0.335 e. The molecule has 0 atom stereocenters. The minimum absolute atomic E-state index is 0.198. The van der Waals surface area contributed by atoms with Gasteiger partial charge in [0.25, 0.3) is 0 Å². The Bertz CT molecular complexity index is 1670. The lowest BCUT2D eigenvalue weighted by atomic mass is 9.93. The molecule has 5 aromatic rings. The summed E-state index contributed by atoms with van der Waals surface area (Å²) in [5, 5.41) is 11.4. The van der Waals surface area contributed by atoms with Crippen molar-refractivity contribution in [3.05, 3.63) is 66.2 Å². The highest BCUT2D eigenvalue weighted by Gasteiger charge is 2.24. The molecule has 2 heterocycles. The summed E-state index contributed by atoms with van der Waals surface area (Å²) in [6.45, 7) is 6.54. The molecule has 0 saturated heterocycles. The number of anilines is 1. The number of hydrogen-bond donors (Lipinski definition) is 1. The van der Waals surface area contributed by atoms with E-state index in [0.29, 0.717) is 11.0 Å². The summed E-state index contributed by atoms with van der Waals surface area (Å²) in [6.07, 6.45) is 4.66. The fourth-order valence-corrected chi connectivity index (χ4v) is 5.21. The first kappa shape index (κ1) is 23.2. The van der Waals surface area contributed by atoms with E-state index in [-0.39, 0.29) is 5.56 Å². The highest BCUT2D eigenvalue weighted by Crippen LogP contribution is 2.49. The number of ether oxygens (including phenoxy) is 1. The van der Waals surface area contributed by atoms with Crippen LogP contribution >= 0.6 is 0 Å². The van der Waals surface area contributed by atoms with E-state index in [2.05, 4.69) is 43.0 Å². The van der Waals surface area contributed by atoms with E-state index >= 15 is 0 Å². The molecule has 0 saturated carbocycles. The third-order valence-corrected chi connectivity index (χ3v) is 7.17. The molecule has 1 aliphatic rings. The van der Waals surface area contributed by atoms with Crippen molar-refractivity contribution in [2.24, 2.45) is 0 Å². The van der Waals surface area contributed by atoms with Crippen LogP contribution < -0.4 is 9.64 Å². The van der Waals surface area contributed by atoms with E-state index in [1.54, 1.807) is 18.2 Å². The van der Waals surface area contributed by atoms with Gasteiger partial charge in [-0.2, -0.15) is 0 Å². The molecule has 0 bridgehead atoms. The number of aromatic nitrogens is 2. The van der Waals surface area contributed by atoms with Crippen LogP contribution in [0.5, 0.6) is 11.5 Å². The summed E-state index contributed by atoms with van der Waals surface area (Å²) < 4.78 is 6.48. The van der Waals surface area contributed by atoms with Crippen LogP contribution in [-0.4, -0.2) is 34.1 Å². The van der Waals surface area contributed by atoms with Crippen molar-refractivity contribution in [1.82, 2.24) is 9.97 Å². The van der Waals surface area contributed by atoms with Crippen LogP contribution in [0.4, 0.5) is 5.69 Å². The van der Waals surface area contributed by atoms with Crippen LogP contribution in [-0.2, 0) is 0 Å². The first-order valence-electron chi connectivity index (χ1n) is 13.0. The van der Waals surface area contributed by atoms with Crippen molar-refractivity contribution in [2.75, 3.05) is 18.0 Å². The highest BCUT2D eigenvalue weighted by atomic mass is 16.5. The number of benzene rings is 4. The van der Waals surface area contributed by atoms with Gasteiger partial charge in [0, 0.05) is 41.2 Å². The van der Waals surface area contributed by atoms with Crippen LogP contribution in [0.2, 0.25) is 0 Å². The zero-order chi connectivity index (χ0) is 25.5. The monoisotopic (exact) mass is 491 g/mol. The summed E-state index contributed by atoms with van der Waals surface area (Å²) in [5.41, 5.74) is 6.27. The molecule has 0 fully saturated rings. The van der Waals surface area contributed by atoms with Crippen molar-refractivity contribution >= 4 is 44.5 Å². The number of carboxylic acids is 1. The molecule has 0 aliphatic carbocycles. The lowest BCUT2D eigenvalue weighted by molar-refractivity contribution is 0.0697. The molecular formula is C31H29N3O3. The maximum atomic E-state index is 11.5. The number of nitrogens with zero attached hydrogens (tertiary/aromatic N) is 3. The minimum Gasteiger partial charge on any atom is -0.478 e. The SMILES string of the molecule is CCCCN(CCCC)c1ccc2c(c1)Oc1cccc3c1c-2cc1nc2ccc(C(=O)O)cc2nc13. The normalized spacial score (nSPS) is 12.1. The first-order chi connectivity index (χ1) is 18.1. The fourth-order valence-electron chi connectivity index (χ4n) is 5.21. The zero-order valence-electron chi connectivity index (χ0n) is 21.1. The van der Waals surface area contributed by atoms with E-state index in [4.69, 9.17) is 14.7 Å². The molecule has 4 aromatic carbocycles. The van der Waals surface area contributed by atoms with Crippen molar-refractivity contribution in [1.29, 1.82) is 0 Å². The quantitative estimate of drug-likeness (QED) is 0.173. The molecule has 1 N–H and O–H groups in total. The number of fused-ring (bicyclic) bond motifs is 5. The predicted octanol–water partition coefficient (Wildman–Crippen LogP) is 7.81. The molecule has 0 radical (unpaired) electrons. The Morgan fingerprint density at radius 2 is 1.65 bits per heavy atom. The van der Waals surface area contributed by atoms with Gasteiger partial charge in [-0.25, -0.2) is 14.8 Å². The van der Waals surface area contributed by atoms with Crippen LogP contribution in [0.15, 0.2) is 60.7 Å². The number of carbonyl (C=O) groups is 1. The number of rotatable bonds is 8. The number of hydrogen-bond acceptors (Lipinski definition) is 5. The molecule has 0 amide bonds. The van der Waals surface area contributed by atoms with Gasteiger partial charge in [0.15, 0.2) is 0 Å².